The molecule has 0 aliphatic rings. The van der Waals surface area contributed by atoms with Gasteiger partial charge >= 0.3 is 5.69 Å². The number of rotatable bonds is 8. The average Bonchev–Trinajstić information content (AvgIpc) is 2.41. The number of nitrogens with zero attached hydrogens (tertiary/aromatic N) is 3. The summed E-state index contributed by atoms with van der Waals surface area (Å²) >= 11 is 0. The van der Waals surface area contributed by atoms with Crippen LogP contribution in [0.15, 0.2) is 9.59 Å². The van der Waals surface area contributed by atoms with Gasteiger partial charge in [0.05, 0.1) is 0 Å². The number of unbranched alkanes of at least 4 members (excludes halogenated alkanes) is 5. The summed E-state index contributed by atoms with van der Waals surface area (Å²) in [6, 6.07) is 0. The van der Waals surface area contributed by atoms with E-state index in [1.54, 1.807) is 0 Å². The lowest BCUT2D eigenvalue weighted by molar-refractivity contribution is 0.597. The van der Waals surface area contributed by atoms with Gasteiger partial charge in [0.15, 0.2) is 0 Å². The molecule has 1 aromatic heterocycles. The predicted molar refractivity (Wildman–Crippen MR) is 76.6 cm³/mol. The molecule has 0 aromatic carbocycles. The van der Waals surface area contributed by atoms with E-state index in [1.807, 2.05) is 0 Å². The molecule has 0 fully saturated rings. The molecule has 0 saturated heterocycles. The maximum Gasteiger partial charge on any atom is 0.346 e. The SMILES string of the molecule is CCCCCCCCNc1nn(C)c(=O)n(C)c1=O. The molecule has 0 saturated carbocycles. The second-order valence-corrected chi connectivity index (χ2v) is 4.81. The van der Waals surface area contributed by atoms with Crippen molar-refractivity contribution < 1.29 is 0 Å². The van der Waals surface area contributed by atoms with Crippen LogP contribution in [0.1, 0.15) is 45.4 Å². The summed E-state index contributed by atoms with van der Waals surface area (Å²) in [6.07, 6.45) is 7.20. The summed E-state index contributed by atoms with van der Waals surface area (Å²) in [7, 11) is 3.00. The third kappa shape index (κ3) is 4.54. The zero-order chi connectivity index (χ0) is 14.3. The van der Waals surface area contributed by atoms with E-state index in [-0.39, 0.29) is 11.4 Å². The molecule has 6 nitrogen and oxygen atoms in total. The lowest BCUT2D eigenvalue weighted by atomic mass is 10.1. The molecule has 108 valence electrons. The molecule has 1 N–H and O–H groups in total. The second kappa shape index (κ2) is 7.76. The number of anilines is 1. The first kappa shape index (κ1) is 15.5. The van der Waals surface area contributed by atoms with Crippen LogP contribution in [-0.4, -0.2) is 20.9 Å². The van der Waals surface area contributed by atoms with Crippen LogP contribution >= 0.6 is 0 Å². The molecular weight excluding hydrogens is 244 g/mol. The molecule has 0 unspecified atom stereocenters. The Hall–Kier alpha value is -1.59. The van der Waals surface area contributed by atoms with Crippen LogP contribution in [0.3, 0.4) is 0 Å². The number of hydrogen-bond acceptors (Lipinski definition) is 4. The lowest BCUT2D eigenvalue weighted by Crippen LogP contribution is -2.40. The standard InChI is InChI=1S/C13H24N4O2/c1-4-5-6-7-8-9-10-14-11-12(18)16(2)13(19)17(3)15-11/h4-10H2,1-3H3,(H,14,15). The van der Waals surface area contributed by atoms with Gasteiger partial charge in [0.1, 0.15) is 0 Å². The van der Waals surface area contributed by atoms with Crippen LogP contribution in [0.4, 0.5) is 5.82 Å². The van der Waals surface area contributed by atoms with Crippen molar-refractivity contribution in [2.45, 2.75) is 45.4 Å². The minimum Gasteiger partial charge on any atom is -0.364 e. The number of hydrogen-bond donors (Lipinski definition) is 1. The van der Waals surface area contributed by atoms with Gasteiger partial charge in [-0.15, -0.1) is 5.10 Å². The van der Waals surface area contributed by atoms with E-state index in [1.165, 1.54) is 44.5 Å². The Morgan fingerprint density at radius 2 is 1.68 bits per heavy atom. The molecular formula is C13H24N4O2. The minimum atomic E-state index is -0.407. The van der Waals surface area contributed by atoms with Gasteiger partial charge in [0.2, 0.25) is 5.82 Å². The molecule has 0 bridgehead atoms. The molecule has 1 rings (SSSR count). The normalized spacial score (nSPS) is 10.7. The van der Waals surface area contributed by atoms with E-state index in [4.69, 9.17) is 0 Å². The molecule has 0 aliphatic carbocycles. The van der Waals surface area contributed by atoms with E-state index >= 15 is 0 Å². The number of aryl methyl sites for hydroxylation is 1. The first-order valence-electron chi connectivity index (χ1n) is 6.96. The zero-order valence-corrected chi connectivity index (χ0v) is 12.1. The highest BCUT2D eigenvalue weighted by atomic mass is 16.2. The fraction of sp³-hybridized carbons (Fsp3) is 0.769. The van der Waals surface area contributed by atoms with Gasteiger partial charge < -0.3 is 5.32 Å². The van der Waals surface area contributed by atoms with Gasteiger partial charge in [0.25, 0.3) is 5.56 Å². The molecule has 0 aliphatic heterocycles. The van der Waals surface area contributed by atoms with E-state index < -0.39 is 5.69 Å². The Bertz CT molecular complexity index is 504. The predicted octanol–water partition coefficient (Wildman–Crippen LogP) is 1.25. The van der Waals surface area contributed by atoms with Gasteiger partial charge in [-0.25, -0.2) is 9.48 Å². The second-order valence-electron chi connectivity index (χ2n) is 4.81. The average molecular weight is 268 g/mol. The molecule has 0 spiro atoms. The van der Waals surface area contributed by atoms with Crippen LogP contribution in [0.25, 0.3) is 0 Å². The van der Waals surface area contributed by atoms with Crippen molar-refractivity contribution in [1.82, 2.24) is 14.3 Å². The summed E-state index contributed by atoms with van der Waals surface area (Å²) in [5, 5.41) is 6.95. The highest BCUT2D eigenvalue weighted by Crippen LogP contribution is 2.04. The van der Waals surface area contributed by atoms with Crippen LogP contribution in [0.2, 0.25) is 0 Å². The highest BCUT2D eigenvalue weighted by molar-refractivity contribution is 5.29. The van der Waals surface area contributed by atoms with Crippen LogP contribution in [0, 0.1) is 0 Å². The topological polar surface area (TPSA) is 68.9 Å². The first-order valence-corrected chi connectivity index (χ1v) is 6.96. The Labute approximate surface area is 113 Å². The van der Waals surface area contributed by atoms with Crippen LogP contribution in [-0.2, 0) is 14.1 Å². The van der Waals surface area contributed by atoms with E-state index in [0.717, 1.165) is 17.4 Å². The van der Waals surface area contributed by atoms with Crippen molar-refractivity contribution >= 4 is 5.82 Å². The monoisotopic (exact) mass is 268 g/mol. The van der Waals surface area contributed by atoms with E-state index in [9.17, 15) is 9.59 Å². The zero-order valence-electron chi connectivity index (χ0n) is 12.1. The summed E-state index contributed by atoms with van der Waals surface area (Å²) in [4.78, 5) is 23.2. The summed E-state index contributed by atoms with van der Waals surface area (Å²) in [6.45, 7) is 2.91. The summed E-state index contributed by atoms with van der Waals surface area (Å²) in [5.41, 5.74) is -0.774. The van der Waals surface area contributed by atoms with E-state index in [0.29, 0.717) is 6.54 Å². The fourth-order valence-electron chi connectivity index (χ4n) is 1.92. The molecule has 6 heteroatoms. The largest absolute Gasteiger partial charge is 0.364 e. The minimum absolute atomic E-state index is 0.248. The molecule has 0 radical (unpaired) electrons. The maximum atomic E-state index is 11.8. The number of nitrogens with one attached hydrogen (secondary N) is 1. The van der Waals surface area contributed by atoms with Crippen molar-refractivity contribution in [2.24, 2.45) is 14.1 Å². The van der Waals surface area contributed by atoms with Crippen molar-refractivity contribution in [2.75, 3.05) is 11.9 Å². The van der Waals surface area contributed by atoms with Crippen LogP contribution < -0.4 is 16.6 Å². The fourth-order valence-corrected chi connectivity index (χ4v) is 1.92. The molecule has 1 heterocycles. The Kier molecular flexibility index (Phi) is 6.32. The van der Waals surface area contributed by atoms with Crippen molar-refractivity contribution in [3.8, 4) is 0 Å². The molecule has 1 aromatic rings. The molecule has 19 heavy (non-hydrogen) atoms. The third-order valence-corrected chi connectivity index (χ3v) is 3.14. The summed E-state index contributed by atoms with van der Waals surface area (Å²) < 4.78 is 2.24. The first-order chi connectivity index (χ1) is 9.07. The maximum absolute atomic E-state index is 11.8. The van der Waals surface area contributed by atoms with Gasteiger partial charge in [-0.3, -0.25) is 9.36 Å². The van der Waals surface area contributed by atoms with Gasteiger partial charge in [0, 0.05) is 20.6 Å². The number of aromatic nitrogens is 3. The smallest absolute Gasteiger partial charge is 0.346 e. The van der Waals surface area contributed by atoms with Crippen molar-refractivity contribution in [3.63, 3.8) is 0 Å². The van der Waals surface area contributed by atoms with Crippen molar-refractivity contribution in [3.05, 3.63) is 20.8 Å². The van der Waals surface area contributed by atoms with Gasteiger partial charge in [-0.05, 0) is 6.42 Å². The van der Waals surface area contributed by atoms with Crippen molar-refractivity contribution in [1.29, 1.82) is 0 Å². The third-order valence-electron chi connectivity index (χ3n) is 3.14. The quantitative estimate of drug-likeness (QED) is 0.720. The Morgan fingerprint density at radius 1 is 1.05 bits per heavy atom. The van der Waals surface area contributed by atoms with Gasteiger partial charge in [-0.2, -0.15) is 0 Å². The Morgan fingerprint density at radius 3 is 2.37 bits per heavy atom. The Balaban J connectivity index is 2.42. The molecule has 0 amide bonds. The lowest BCUT2D eigenvalue weighted by Gasteiger charge is -2.07. The van der Waals surface area contributed by atoms with Crippen LogP contribution in [0.5, 0.6) is 0 Å². The molecule has 0 atom stereocenters. The van der Waals surface area contributed by atoms with E-state index in [2.05, 4.69) is 17.3 Å². The van der Waals surface area contributed by atoms with Gasteiger partial charge in [-0.1, -0.05) is 39.0 Å². The highest BCUT2D eigenvalue weighted by Gasteiger charge is 2.07. The summed E-state index contributed by atoms with van der Waals surface area (Å²) in [5.74, 6) is 0.248.